The Labute approximate surface area is 116 Å². The highest BCUT2D eigenvalue weighted by atomic mass is 16.6. The van der Waals surface area contributed by atoms with Crippen LogP contribution in [0, 0.1) is 21.4 Å². The second kappa shape index (κ2) is 6.47. The van der Waals surface area contributed by atoms with Crippen LogP contribution in [0.3, 0.4) is 0 Å². The fourth-order valence-corrected chi connectivity index (χ4v) is 1.56. The Bertz CT molecular complexity index is 567. The van der Waals surface area contributed by atoms with E-state index in [1.807, 2.05) is 6.07 Å². The lowest BCUT2D eigenvalue weighted by atomic mass is 10.1. The molecule has 0 saturated heterocycles. The molecule has 1 atom stereocenters. The number of hydrogen-bond acceptors (Lipinski definition) is 6. The van der Waals surface area contributed by atoms with Gasteiger partial charge in [-0.25, -0.2) is 4.98 Å². The quantitative estimate of drug-likeness (QED) is 0.643. The van der Waals surface area contributed by atoms with Crippen LogP contribution in [0.15, 0.2) is 12.3 Å². The van der Waals surface area contributed by atoms with Crippen molar-refractivity contribution < 1.29 is 9.72 Å². The summed E-state index contributed by atoms with van der Waals surface area (Å²) in [6.45, 7) is 1.70. The normalized spacial score (nSPS) is 11.3. The third-order valence-corrected chi connectivity index (χ3v) is 2.93. The van der Waals surface area contributed by atoms with Gasteiger partial charge >= 0.3 is 0 Å². The molecular weight excluding hydrogens is 262 g/mol. The van der Waals surface area contributed by atoms with Crippen LogP contribution >= 0.6 is 0 Å². The van der Waals surface area contributed by atoms with Crippen molar-refractivity contribution in [2.45, 2.75) is 19.4 Å². The predicted octanol–water partition coefficient (Wildman–Crippen LogP) is 1.41. The van der Waals surface area contributed by atoms with Gasteiger partial charge in [0.2, 0.25) is 0 Å². The molecule has 0 radical (unpaired) electrons. The van der Waals surface area contributed by atoms with Crippen LogP contribution in [0.4, 0.5) is 11.5 Å². The number of nitriles is 1. The van der Waals surface area contributed by atoms with Gasteiger partial charge in [0.15, 0.2) is 0 Å². The number of nitrogens with one attached hydrogen (secondary N) is 1. The summed E-state index contributed by atoms with van der Waals surface area (Å²) in [5, 5.41) is 22.3. The lowest BCUT2D eigenvalue weighted by molar-refractivity contribution is -0.385. The van der Waals surface area contributed by atoms with Crippen LogP contribution < -0.4 is 5.32 Å². The Morgan fingerprint density at radius 1 is 1.70 bits per heavy atom. The van der Waals surface area contributed by atoms with Gasteiger partial charge in [-0.1, -0.05) is 0 Å². The van der Waals surface area contributed by atoms with E-state index in [9.17, 15) is 14.9 Å². The second-order valence-corrected chi connectivity index (χ2v) is 4.22. The lowest BCUT2D eigenvalue weighted by Gasteiger charge is -2.22. The molecule has 0 aromatic carbocycles. The van der Waals surface area contributed by atoms with Gasteiger partial charge in [-0.2, -0.15) is 5.26 Å². The van der Waals surface area contributed by atoms with E-state index in [0.717, 1.165) is 6.20 Å². The molecule has 1 aromatic rings. The molecule has 0 fully saturated rings. The number of aromatic nitrogens is 1. The van der Waals surface area contributed by atoms with Gasteiger partial charge < -0.3 is 10.2 Å². The van der Waals surface area contributed by atoms with Crippen LogP contribution in [0.2, 0.25) is 0 Å². The van der Waals surface area contributed by atoms with Gasteiger partial charge in [0, 0.05) is 26.2 Å². The molecule has 1 rings (SSSR count). The molecule has 1 amide bonds. The third-order valence-electron chi connectivity index (χ3n) is 2.93. The summed E-state index contributed by atoms with van der Waals surface area (Å²) in [7, 11) is 3.11. The molecule has 1 aromatic heterocycles. The maximum absolute atomic E-state index is 12.3. The number of nitrogens with zero attached hydrogens (tertiary/aromatic N) is 4. The highest BCUT2D eigenvalue weighted by Crippen LogP contribution is 2.22. The average molecular weight is 277 g/mol. The fraction of sp³-hybridized carbons (Fsp3) is 0.417. The van der Waals surface area contributed by atoms with E-state index in [-0.39, 0.29) is 23.7 Å². The zero-order valence-electron chi connectivity index (χ0n) is 11.5. The molecule has 1 heterocycles. The second-order valence-electron chi connectivity index (χ2n) is 4.22. The first-order valence-corrected chi connectivity index (χ1v) is 5.88. The zero-order valence-corrected chi connectivity index (χ0v) is 11.5. The standard InChI is InChI=1S/C12H15N5O3/c1-8(4-5-13)16(3)12(18)9-6-11(14-2)15-7-10(9)17(19)20/h6-8H,4H2,1-3H3,(H,14,15). The first kappa shape index (κ1) is 15.4. The minimum atomic E-state index is -0.650. The first-order valence-electron chi connectivity index (χ1n) is 5.88. The summed E-state index contributed by atoms with van der Waals surface area (Å²) >= 11 is 0. The number of anilines is 1. The van der Waals surface area contributed by atoms with Gasteiger partial charge in [0.05, 0.1) is 17.4 Å². The van der Waals surface area contributed by atoms with Crippen molar-refractivity contribution >= 4 is 17.4 Å². The van der Waals surface area contributed by atoms with E-state index < -0.39 is 10.8 Å². The largest absolute Gasteiger partial charge is 0.373 e. The van der Waals surface area contributed by atoms with E-state index in [4.69, 9.17) is 5.26 Å². The summed E-state index contributed by atoms with van der Waals surface area (Å²) in [6, 6.07) is 2.96. The maximum Gasteiger partial charge on any atom is 0.300 e. The third kappa shape index (κ3) is 3.20. The topological polar surface area (TPSA) is 112 Å². The molecule has 1 unspecified atom stereocenters. The molecule has 8 nitrogen and oxygen atoms in total. The van der Waals surface area contributed by atoms with Crippen LogP contribution in [0.5, 0.6) is 0 Å². The van der Waals surface area contributed by atoms with E-state index >= 15 is 0 Å². The van der Waals surface area contributed by atoms with Gasteiger partial charge in [0.1, 0.15) is 17.6 Å². The molecule has 0 spiro atoms. The molecule has 8 heteroatoms. The van der Waals surface area contributed by atoms with Crippen molar-refractivity contribution in [1.29, 1.82) is 5.26 Å². The summed E-state index contributed by atoms with van der Waals surface area (Å²) in [4.78, 5) is 27.8. The fourth-order valence-electron chi connectivity index (χ4n) is 1.56. The molecule has 106 valence electrons. The van der Waals surface area contributed by atoms with Crippen molar-refractivity contribution in [3.05, 3.63) is 27.9 Å². The summed E-state index contributed by atoms with van der Waals surface area (Å²) in [5.41, 5.74) is -0.411. The van der Waals surface area contributed by atoms with Crippen LogP contribution in [0.25, 0.3) is 0 Å². The average Bonchev–Trinajstić information content (AvgIpc) is 2.45. The van der Waals surface area contributed by atoms with Crippen molar-refractivity contribution in [1.82, 2.24) is 9.88 Å². The highest BCUT2D eigenvalue weighted by molar-refractivity contribution is 5.98. The Morgan fingerprint density at radius 3 is 2.85 bits per heavy atom. The number of nitro groups is 1. The molecule has 0 aliphatic carbocycles. The van der Waals surface area contributed by atoms with Crippen LogP contribution in [-0.2, 0) is 0 Å². The van der Waals surface area contributed by atoms with Crippen molar-refractivity contribution in [2.75, 3.05) is 19.4 Å². The van der Waals surface area contributed by atoms with Gasteiger partial charge in [-0.3, -0.25) is 14.9 Å². The Kier molecular flexibility index (Phi) is 4.97. The number of pyridine rings is 1. The Morgan fingerprint density at radius 2 is 2.35 bits per heavy atom. The minimum absolute atomic E-state index is 0.0540. The van der Waals surface area contributed by atoms with Crippen molar-refractivity contribution in [3.63, 3.8) is 0 Å². The van der Waals surface area contributed by atoms with Gasteiger partial charge in [-0.15, -0.1) is 0 Å². The lowest BCUT2D eigenvalue weighted by Crippen LogP contribution is -2.35. The van der Waals surface area contributed by atoms with E-state index in [1.165, 1.54) is 18.0 Å². The zero-order chi connectivity index (χ0) is 15.3. The van der Waals surface area contributed by atoms with Crippen LogP contribution in [-0.4, -0.2) is 40.9 Å². The van der Waals surface area contributed by atoms with E-state index in [1.54, 1.807) is 14.0 Å². The maximum atomic E-state index is 12.3. The molecule has 0 saturated carbocycles. The number of amides is 1. The Hall–Kier alpha value is -2.69. The molecule has 1 N–H and O–H groups in total. The minimum Gasteiger partial charge on any atom is -0.373 e. The number of carbonyl (C=O) groups is 1. The number of hydrogen-bond donors (Lipinski definition) is 1. The molecular formula is C12H15N5O3. The van der Waals surface area contributed by atoms with E-state index in [0.29, 0.717) is 5.82 Å². The SMILES string of the molecule is CNc1cc(C(=O)N(C)C(C)CC#N)c([N+](=O)[O-])cn1. The number of carbonyl (C=O) groups excluding carboxylic acids is 1. The molecule has 0 aliphatic rings. The first-order chi connectivity index (χ1) is 9.42. The predicted molar refractivity (Wildman–Crippen MR) is 72.2 cm³/mol. The summed E-state index contributed by atoms with van der Waals surface area (Å²) in [5.74, 6) is -0.154. The molecule has 20 heavy (non-hydrogen) atoms. The smallest absolute Gasteiger partial charge is 0.300 e. The molecule has 0 bridgehead atoms. The monoisotopic (exact) mass is 277 g/mol. The van der Waals surface area contributed by atoms with E-state index in [2.05, 4.69) is 10.3 Å². The highest BCUT2D eigenvalue weighted by Gasteiger charge is 2.26. The Balaban J connectivity index is 3.19. The summed E-state index contributed by atoms with van der Waals surface area (Å²) in [6.07, 6.45) is 1.20. The van der Waals surface area contributed by atoms with Gasteiger partial charge in [-0.05, 0) is 6.92 Å². The van der Waals surface area contributed by atoms with Crippen LogP contribution in [0.1, 0.15) is 23.7 Å². The molecule has 0 aliphatic heterocycles. The van der Waals surface area contributed by atoms with Crippen molar-refractivity contribution in [2.24, 2.45) is 0 Å². The van der Waals surface area contributed by atoms with Gasteiger partial charge in [0.25, 0.3) is 11.6 Å². The van der Waals surface area contributed by atoms with Crippen molar-refractivity contribution in [3.8, 4) is 6.07 Å². The number of rotatable bonds is 5. The summed E-state index contributed by atoms with van der Waals surface area (Å²) < 4.78 is 0.